The number of hydrogen-bond acceptors (Lipinski definition) is 3. The van der Waals surface area contributed by atoms with E-state index in [1.807, 2.05) is 0 Å². The van der Waals surface area contributed by atoms with Crippen molar-refractivity contribution in [1.82, 2.24) is 4.98 Å². The molecule has 0 amide bonds. The van der Waals surface area contributed by atoms with Crippen LogP contribution < -0.4 is 10.5 Å². The third kappa shape index (κ3) is 2.14. The Kier molecular flexibility index (Phi) is 2.95. The van der Waals surface area contributed by atoms with Crippen LogP contribution in [0, 0.1) is 0 Å². The molecule has 1 rings (SSSR count). The first kappa shape index (κ1) is 10.8. The first-order chi connectivity index (χ1) is 6.49. The normalized spacial score (nSPS) is 11.5. The van der Waals surface area contributed by atoms with E-state index in [9.17, 15) is 13.2 Å². The molecule has 2 N–H and O–H groups in total. The molecule has 1 aromatic rings. The van der Waals surface area contributed by atoms with Crippen molar-refractivity contribution in [2.45, 2.75) is 12.7 Å². The van der Waals surface area contributed by atoms with Crippen LogP contribution in [0.1, 0.15) is 11.1 Å². The summed E-state index contributed by atoms with van der Waals surface area (Å²) in [5, 5.41) is 0. The van der Waals surface area contributed by atoms with Crippen molar-refractivity contribution in [2.75, 3.05) is 7.11 Å². The fourth-order valence-electron chi connectivity index (χ4n) is 1.00. The number of alkyl halides is 3. The van der Waals surface area contributed by atoms with Crippen molar-refractivity contribution in [3.05, 3.63) is 23.4 Å². The summed E-state index contributed by atoms with van der Waals surface area (Å²) < 4.78 is 41.8. The third-order valence-corrected chi connectivity index (χ3v) is 1.70. The van der Waals surface area contributed by atoms with Gasteiger partial charge in [0.1, 0.15) is 0 Å². The summed E-state index contributed by atoms with van der Waals surface area (Å²) in [7, 11) is 1.25. The van der Waals surface area contributed by atoms with E-state index in [0.717, 1.165) is 12.3 Å². The molecule has 0 spiro atoms. The zero-order chi connectivity index (χ0) is 10.8. The van der Waals surface area contributed by atoms with Gasteiger partial charge in [-0.15, -0.1) is 0 Å². The lowest BCUT2D eigenvalue weighted by Gasteiger charge is -2.11. The molecule has 3 nitrogen and oxygen atoms in total. The molecule has 1 aromatic heterocycles. The Hall–Kier alpha value is -1.30. The van der Waals surface area contributed by atoms with Gasteiger partial charge in [-0.1, -0.05) is 0 Å². The van der Waals surface area contributed by atoms with E-state index >= 15 is 0 Å². The molecule has 0 aliphatic carbocycles. The summed E-state index contributed by atoms with van der Waals surface area (Å²) in [6.45, 7) is -0.203. The van der Waals surface area contributed by atoms with Crippen molar-refractivity contribution in [3.8, 4) is 5.88 Å². The van der Waals surface area contributed by atoms with Gasteiger partial charge < -0.3 is 10.5 Å². The van der Waals surface area contributed by atoms with Crippen LogP contribution in [0.15, 0.2) is 12.3 Å². The predicted molar refractivity (Wildman–Crippen MR) is 43.7 cm³/mol. The quantitative estimate of drug-likeness (QED) is 0.798. The van der Waals surface area contributed by atoms with Crippen molar-refractivity contribution < 1.29 is 17.9 Å². The molecule has 0 aliphatic rings. The highest BCUT2D eigenvalue weighted by Crippen LogP contribution is 2.33. The Morgan fingerprint density at radius 1 is 1.50 bits per heavy atom. The molecular formula is C8H9F3N2O. The number of halogens is 3. The van der Waals surface area contributed by atoms with Gasteiger partial charge in [-0.05, 0) is 5.56 Å². The van der Waals surface area contributed by atoms with E-state index in [2.05, 4.69) is 9.72 Å². The highest BCUT2D eigenvalue weighted by Gasteiger charge is 2.33. The number of hydrogen-bond donors (Lipinski definition) is 1. The number of aromatic nitrogens is 1. The van der Waals surface area contributed by atoms with Gasteiger partial charge in [0.15, 0.2) is 0 Å². The van der Waals surface area contributed by atoms with Crippen LogP contribution in [-0.4, -0.2) is 12.1 Å². The molecule has 78 valence electrons. The maximum Gasteiger partial charge on any atom is 0.416 e. The second-order valence-electron chi connectivity index (χ2n) is 2.59. The van der Waals surface area contributed by atoms with E-state index in [1.54, 1.807) is 0 Å². The Morgan fingerprint density at radius 3 is 2.57 bits per heavy atom. The number of rotatable bonds is 2. The highest BCUT2D eigenvalue weighted by molar-refractivity contribution is 5.31. The lowest BCUT2D eigenvalue weighted by atomic mass is 10.1. The van der Waals surface area contributed by atoms with Crippen LogP contribution in [0.3, 0.4) is 0 Å². The van der Waals surface area contributed by atoms with E-state index in [-0.39, 0.29) is 18.0 Å². The SMILES string of the molecule is COc1cc(C(F)(F)F)c(CN)cn1. The third-order valence-electron chi connectivity index (χ3n) is 1.70. The van der Waals surface area contributed by atoms with Crippen molar-refractivity contribution in [3.63, 3.8) is 0 Å². The number of nitrogens with two attached hydrogens (primary N) is 1. The average molecular weight is 206 g/mol. The lowest BCUT2D eigenvalue weighted by Crippen LogP contribution is -2.12. The number of pyridine rings is 1. The minimum atomic E-state index is -4.43. The monoisotopic (exact) mass is 206 g/mol. The van der Waals surface area contributed by atoms with Crippen LogP contribution in [-0.2, 0) is 12.7 Å². The summed E-state index contributed by atoms with van der Waals surface area (Å²) in [4.78, 5) is 3.64. The minimum absolute atomic E-state index is 0.0432. The Balaban J connectivity index is 3.22. The van der Waals surface area contributed by atoms with Gasteiger partial charge in [-0.25, -0.2) is 4.98 Å². The largest absolute Gasteiger partial charge is 0.481 e. The van der Waals surface area contributed by atoms with Crippen LogP contribution >= 0.6 is 0 Å². The van der Waals surface area contributed by atoms with Gasteiger partial charge >= 0.3 is 6.18 Å². The molecule has 0 radical (unpaired) electrons. The molecular weight excluding hydrogens is 197 g/mol. The maximum atomic E-state index is 12.4. The summed E-state index contributed by atoms with van der Waals surface area (Å²) in [6.07, 6.45) is -3.35. The zero-order valence-corrected chi connectivity index (χ0v) is 7.43. The first-order valence-corrected chi connectivity index (χ1v) is 3.79. The number of nitrogens with zero attached hydrogens (tertiary/aromatic N) is 1. The second kappa shape index (κ2) is 3.83. The van der Waals surface area contributed by atoms with Crippen molar-refractivity contribution in [2.24, 2.45) is 5.73 Å². The van der Waals surface area contributed by atoms with E-state index in [0.29, 0.717) is 0 Å². The van der Waals surface area contributed by atoms with Gasteiger partial charge in [0.05, 0.1) is 12.7 Å². The number of ether oxygens (including phenoxy) is 1. The van der Waals surface area contributed by atoms with E-state index in [1.165, 1.54) is 7.11 Å². The Morgan fingerprint density at radius 2 is 2.14 bits per heavy atom. The second-order valence-corrected chi connectivity index (χ2v) is 2.59. The van der Waals surface area contributed by atoms with Crippen LogP contribution in [0.25, 0.3) is 0 Å². The van der Waals surface area contributed by atoms with Gasteiger partial charge in [0.25, 0.3) is 0 Å². The van der Waals surface area contributed by atoms with Gasteiger partial charge in [-0.2, -0.15) is 13.2 Å². The molecule has 0 saturated heterocycles. The zero-order valence-electron chi connectivity index (χ0n) is 7.43. The van der Waals surface area contributed by atoms with Gasteiger partial charge in [-0.3, -0.25) is 0 Å². The van der Waals surface area contributed by atoms with Gasteiger partial charge in [0.2, 0.25) is 5.88 Å². The van der Waals surface area contributed by atoms with Crippen LogP contribution in [0.5, 0.6) is 5.88 Å². The average Bonchev–Trinajstić information content (AvgIpc) is 2.15. The van der Waals surface area contributed by atoms with E-state index in [4.69, 9.17) is 5.73 Å². The van der Waals surface area contributed by atoms with E-state index < -0.39 is 11.7 Å². The molecule has 0 unspecified atom stereocenters. The lowest BCUT2D eigenvalue weighted by molar-refractivity contribution is -0.138. The fraction of sp³-hybridized carbons (Fsp3) is 0.375. The van der Waals surface area contributed by atoms with Crippen molar-refractivity contribution in [1.29, 1.82) is 0 Å². The molecule has 14 heavy (non-hydrogen) atoms. The molecule has 1 heterocycles. The number of methoxy groups -OCH3 is 1. The van der Waals surface area contributed by atoms with Crippen LogP contribution in [0.2, 0.25) is 0 Å². The Labute approximate surface area is 78.7 Å². The maximum absolute atomic E-state index is 12.4. The molecule has 0 aliphatic heterocycles. The minimum Gasteiger partial charge on any atom is -0.481 e. The summed E-state index contributed by atoms with van der Waals surface area (Å²) in [5.74, 6) is -0.0745. The van der Waals surface area contributed by atoms with Gasteiger partial charge in [0, 0.05) is 18.8 Å². The summed E-state index contributed by atoms with van der Waals surface area (Å²) in [6, 6.07) is 0.836. The van der Waals surface area contributed by atoms with Crippen molar-refractivity contribution >= 4 is 0 Å². The topological polar surface area (TPSA) is 48.1 Å². The molecule has 0 atom stereocenters. The Bertz CT molecular complexity index is 325. The first-order valence-electron chi connectivity index (χ1n) is 3.79. The fourth-order valence-corrected chi connectivity index (χ4v) is 1.00. The molecule has 0 saturated carbocycles. The highest BCUT2D eigenvalue weighted by atomic mass is 19.4. The van der Waals surface area contributed by atoms with Crippen LogP contribution in [0.4, 0.5) is 13.2 Å². The molecule has 0 fully saturated rings. The smallest absolute Gasteiger partial charge is 0.416 e. The molecule has 0 aromatic carbocycles. The standard InChI is InChI=1S/C8H9F3N2O/c1-14-7-2-6(8(9,10)11)5(3-12)4-13-7/h2,4H,3,12H2,1H3. The predicted octanol–water partition coefficient (Wildman–Crippen LogP) is 1.57. The molecule has 0 bridgehead atoms. The molecule has 6 heteroatoms. The summed E-state index contributed by atoms with van der Waals surface area (Å²) in [5.41, 5.74) is 4.32. The summed E-state index contributed by atoms with van der Waals surface area (Å²) >= 11 is 0.